The zero-order valence-corrected chi connectivity index (χ0v) is 23.3. The Hall–Kier alpha value is -5.71. The molecule has 2 aliphatic heterocycles. The number of aromatic nitrogens is 2. The lowest BCUT2D eigenvalue weighted by Gasteiger charge is -2.22. The lowest BCUT2D eigenvalue weighted by molar-refractivity contribution is 0.0964. The number of urea groups is 1. The summed E-state index contributed by atoms with van der Waals surface area (Å²) in [7, 11) is 1.52. The van der Waals surface area contributed by atoms with Gasteiger partial charge in [0.25, 0.3) is 5.91 Å². The van der Waals surface area contributed by atoms with Crippen LogP contribution in [0.3, 0.4) is 0 Å². The first-order chi connectivity index (χ1) is 21.4. The molecule has 1 saturated heterocycles. The zero-order valence-electron chi connectivity index (χ0n) is 23.3. The third-order valence-electron chi connectivity index (χ3n) is 8.13. The van der Waals surface area contributed by atoms with Crippen LogP contribution in [0, 0.1) is 11.6 Å². The molecule has 3 aromatic carbocycles. The number of amides is 3. The van der Waals surface area contributed by atoms with E-state index in [1.165, 1.54) is 25.2 Å². The Balaban J connectivity index is 1.37. The van der Waals surface area contributed by atoms with Gasteiger partial charge in [-0.25, -0.2) is 18.6 Å². The normalized spacial score (nSPS) is 14.0. The van der Waals surface area contributed by atoms with Gasteiger partial charge in [-0.15, -0.1) is 0 Å². The van der Waals surface area contributed by atoms with Gasteiger partial charge in [-0.2, -0.15) is 0 Å². The second-order valence-electron chi connectivity index (χ2n) is 10.6. The molecule has 0 atom stereocenters. The predicted octanol–water partition coefficient (Wildman–Crippen LogP) is 6.30. The summed E-state index contributed by atoms with van der Waals surface area (Å²) in [5.74, 6) is -0.335. The van der Waals surface area contributed by atoms with Gasteiger partial charge in [0.15, 0.2) is 6.73 Å². The van der Waals surface area contributed by atoms with Crippen molar-refractivity contribution in [2.45, 2.75) is 6.73 Å². The van der Waals surface area contributed by atoms with Crippen molar-refractivity contribution < 1.29 is 27.5 Å². The number of carbonyl (C=O) groups is 2. The number of pyridine rings is 1. The Morgan fingerprint density at radius 2 is 1.86 bits per heavy atom. The van der Waals surface area contributed by atoms with Gasteiger partial charge in [-0.05, 0) is 60.7 Å². The molecular weight excluding hydrogens is 568 g/mol. The number of hydrogen-bond donors (Lipinski definition) is 2. The molecule has 3 aromatic heterocycles. The fourth-order valence-corrected chi connectivity index (χ4v) is 6.03. The van der Waals surface area contributed by atoms with Crippen molar-refractivity contribution in [1.29, 1.82) is 0 Å². The maximum absolute atomic E-state index is 14.7. The van der Waals surface area contributed by atoms with Gasteiger partial charge in [0, 0.05) is 48.1 Å². The highest BCUT2D eigenvalue weighted by molar-refractivity contribution is 6.13. The molecule has 218 valence electrons. The molecule has 3 amide bonds. The summed E-state index contributed by atoms with van der Waals surface area (Å²) in [6.45, 7) is 1.07. The number of ether oxygens (including phenoxy) is 1. The number of fused-ring (bicyclic) bond motifs is 6. The van der Waals surface area contributed by atoms with Gasteiger partial charge in [0.05, 0.1) is 28.2 Å². The summed E-state index contributed by atoms with van der Waals surface area (Å²) in [6.07, 6.45) is 0. The number of rotatable bonds is 4. The van der Waals surface area contributed by atoms with E-state index in [1.807, 2.05) is 10.6 Å². The summed E-state index contributed by atoms with van der Waals surface area (Å²) in [6, 6.07) is 19.2. The summed E-state index contributed by atoms with van der Waals surface area (Å²) in [4.78, 5) is 32.7. The van der Waals surface area contributed by atoms with E-state index in [4.69, 9.17) is 14.1 Å². The highest BCUT2D eigenvalue weighted by atomic mass is 19.1. The van der Waals surface area contributed by atoms with Crippen LogP contribution in [0.5, 0.6) is 5.75 Å². The number of nitrogens with zero attached hydrogens (tertiary/aromatic N) is 3. The number of anilines is 1. The van der Waals surface area contributed by atoms with Gasteiger partial charge in [0.2, 0.25) is 0 Å². The standard InChI is InChI=1S/C33H23F2N5O4/c1-36-32(41)29-21-13-20(23-9-10-27-30(38-23)26-14-19-22(35)3-2-4-24(19)40(26)16-43-27)25(39-12-11-37-33(39)42)15-28(21)44-31(29)17-5-7-18(34)8-6-17/h2-10,13-15H,11-12,16H2,1H3,(H,36,41)(H,37,42). The fourth-order valence-electron chi connectivity index (χ4n) is 6.03. The Kier molecular flexibility index (Phi) is 5.70. The van der Waals surface area contributed by atoms with E-state index in [9.17, 15) is 18.4 Å². The maximum atomic E-state index is 14.7. The summed E-state index contributed by atoms with van der Waals surface area (Å²) in [5, 5.41) is 6.46. The Morgan fingerprint density at radius 3 is 2.64 bits per heavy atom. The molecule has 0 unspecified atom stereocenters. The van der Waals surface area contributed by atoms with Gasteiger partial charge in [0.1, 0.15) is 34.4 Å². The number of furan rings is 1. The van der Waals surface area contributed by atoms with Gasteiger partial charge >= 0.3 is 6.03 Å². The summed E-state index contributed by atoms with van der Waals surface area (Å²) in [5.41, 5.74) is 4.69. The highest BCUT2D eigenvalue weighted by Crippen LogP contribution is 2.43. The first-order valence-corrected chi connectivity index (χ1v) is 14.0. The molecule has 11 heteroatoms. The molecule has 0 spiro atoms. The van der Waals surface area contributed by atoms with Crippen LogP contribution in [0.2, 0.25) is 0 Å². The van der Waals surface area contributed by atoms with E-state index in [1.54, 1.807) is 53.4 Å². The number of benzene rings is 3. The highest BCUT2D eigenvalue weighted by Gasteiger charge is 2.30. The van der Waals surface area contributed by atoms with Crippen LogP contribution >= 0.6 is 0 Å². The topological polar surface area (TPSA) is 102 Å². The molecule has 8 rings (SSSR count). The second-order valence-corrected chi connectivity index (χ2v) is 10.6. The number of halogens is 2. The second kappa shape index (κ2) is 9.66. The van der Waals surface area contributed by atoms with Crippen LogP contribution in [-0.4, -0.2) is 41.6 Å². The van der Waals surface area contributed by atoms with Gasteiger partial charge in [-0.3, -0.25) is 9.69 Å². The molecule has 1 fully saturated rings. The van der Waals surface area contributed by atoms with Gasteiger partial charge in [-0.1, -0.05) is 6.07 Å². The van der Waals surface area contributed by atoms with Crippen LogP contribution in [0.4, 0.5) is 19.3 Å². The lowest BCUT2D eigenvalue weighted by atomic mass is 10.00. The van der Waals surface area contributed by atoms with Crippen molar-refractivity contribution in [3.05, 3.63) is 90.0 Å². The Labute approximate surface area is 248 Å². The number of carbonyl (C=O) groups excluding carboxylic acids is 2. The third-order valence-corrected chi connectivity index (χ3v) is 8.13. The van der Waals surface area contributed by atoms with Crippen molar-refractivity contribution >= 4 is 39.5 Å². The van der Waals surface area contributed by atoms with E-state index in [0.717, 1.165) is 0 Å². The van der Waals surface area contributed by atoms with E-state index >= 15 is 0 Å². The Morgan fingerprint density at radius 1 is 1.02 bits per heavy atom. The van der Waals surface area contributed by atoms with Crippen LogP contribution in [-0.2, 0) is 6.73 Å². The first-order valence-electron chi connectivity index (χ1n) is 14.0. The molecular formula is C33H23F2N5O4. The van der Waals surface area contributed by atoms with Crippen LogP contribution in [0.1, 0.15) is 10.4 Å². The molecule has 0 radical (unpaired) electrons. The van der Waals surface area contributed by atoms with E-state index in [0.29, 0.717) is 74.6 Å². The van der Waals surface area contributed by atoms with E-state index in [-0.39, 0.29) is 35.8 Å². The van der Waals surface area contributed by atoms with Crippen molar-refractivity contribution in [2.24, 2.45) is 0 Å². The van der Waals surface area contributed by atoms with Crippen LogP contribution in [0.15, 0.2) is 77.2 Å². The van der Waals surface area contributed by atoms with Gasteiger partial charge < -0.3 is 24.4 Å². The number of nitrogens with one attached hydrogen (secondary N) is 2. The van der Waals surface area contributed by atoms with Crippen molar-refractivity contribution in [3.63, 3.8) is 0 Å². The SMILES string of the molecule is CNC(=O)c1c(-c2ccc(F)cc2)oc2cc(N3CCNC3=O)c(-c3ccc4c(n3)-c3cc5c(F)cccc5n3CO4)cc12. The van der Waals surface area contributed by atoms with Crippen molar-refractivity contribution in [1.82, 2.24) is 20.2 Å². The van der Waals surface area contributed by atoms with Crippen LogP contribution < -0.4 is 20.3 Å². The van der Waals surface area contributed by atoms with E-state index in [2.05, 4.69) is 10.6 Å². The third kappa shape index (κ3) is 3.85. The molecule has 6 aromatic rings. The van der Waals surface area contributed by atoms with E-state index < -0.39 is 5.82 Å². The largest absolute Gasteiger partial charge is 0.470 e. The average Bonchev–Trinajstić information content (AvgIpc) is 3.75. The van der Waals surface area contributed by atoms with Crippen molar-refractivity contribution in [3.8, 4) is 39.7 Å². The average molecular weight is 592 g/mol. The first kappa shape index (κ1) is 26.0. The molecule has 9 nitrogen and oxygen atoms in total. The molecule has 5 heterocycles. The molecule has 0 aliphatic carbocycles. The quantitative estimate of drug-likeness (QED) is 0.251. The molecule has 2 aliphatic rings. The molecule has 44 heavy (non-hydrogen) atoms. The monoisotopic (exact) mass is 591 g/mol. The van der Waals surface area contributed by atoms with Crippen LogP contribution in [0.25, 0.3) is 55.8 Å². The summed E-state index contributed by atoms with van der Waals surface area (Å²) < 4.78 is 42.5. The molecule has 0 saturated carbocycles. The lowest BCUT2D eigenvalue weighted by Crippen LogP contribution is -2.28. The fraction of sp³-hybridized carbons (Fsp3) is 0.121. The predicted molar refractivity (Wildman–Crippen MR) is 160 cm³/mol. The maximum Gasteiger partial charge on any atom is 0.322 e. The molecule has 0 bridgehead atoms. The summed E-state index contributed by atoms with van der Waals surface area (Å²) >= 11 is 0. The van der Waals surface area contributed by atoms with Crippen molar-refractivity contribution in [2.75, 3.05) is 25.0 Å². The Bertz CT molecular complexity index is 2170. The minimum atomic E-state index is -0.416. The smallest absolute Gasteiger partial charge is 0.322 e. The minimum absolute atomic E-state index is 0.206. The molecule has 2 N–H and O–H groups in total. The minimum Gasteiger partial charge on any atom is -0.470 e. The zero-order chi connectivity index (χ0) is 30.1. The number of hydrogen-bond acceptors (Lipinski definition) is 5.